The molecule has 4 atom stereocenters. The zero-order valence-corrected chi connectivity index (χ0v) is 13.6. The van der Waals surface area contributed by atoms with Crippen molar-refractivity contribution in [2.24, 2.45) is 0 Å². The first-order valence-electron chi connectivity index (χ1n) is 7.42. The molecular formula is C17H26O6. The van der Waals surface area contributed by atoms with Gasteiger partial charge in [0, 0.05) is 0 Å². The summed E-state index contributed by atoms with van der Waals surface area (Å²) in [6.45, 7) is 5.44. The van der Waals surface area contributed by atoms with Crippen LogP contribution in [-0.4, -0.2) is 61.7 Å². The van der Waals surface area contributed by atoms with Gasteiger partial charge in [-0.1, -0.05) is 45.0 Å². The van der Waals surface area contributed by atoms with Crippen LogP contribution in [0, 0.1) is 0 Å². The summed E-state index contributed by atoms with van der Waals surface area (Å²) in [4.78, 5) is 0. The lowest BCUT2D eigenvalue weighted by molar-refractivity contribution is -0.112. The van der Waals surface area contributed by atoms with Crippen LogP contribution in [0.4, 0.5) is 0 Å². The predicted octanol–water partition coefficient (Wildman–Crippen LogP) is 0.319. The topological polar surface area (TPSA) is 121 Å². The molecule has 0 radical (unpaired) electrons. The normalized spacial score (nSPS) is 18.3. The van der Waals surface area contributed by atoms with Crippen LogP contribution in [0.2, 0.25) is 0 Å². The fraction of sp³-hybridized carbons (Fsp3) is 0.529. The van der Waals surface area contributed by atoms with Crippen molar-refractivity contribution in [1.82, 2.24) is 0 Å². The zero-order chi connectivity index (χ0) is 17.8. The van der Waals surface area contributed by atoms with Crippen molar-refractivity contribution in [2.75, 3.05) is 6.61 Å². The molecule has 0 aromatic heterocycles. The molecule has 0 aliphatic heterocycles. The van der Waals surface area contributed by atoms with E-state index < -0.39 is 36.8 Å². The van der Waals surface area contributed by atoms with E-state index in [0.29, 0.717) is 5.56 Å². The highest BCUT2D eigenvalue weighted by atomic mass is 16.4. The molecule has 0 spiro atoms. The molecule has 0 saturated heterocycles. The van der Waals surface area contributed by atoms with Crippen LogP contribution in [-0.2, 0) is 5.41 Å². The summed E-state index contributed by atoms with van der Waals surface area (Å²) in [5.41, 5.74) is 1.71. The first kappa shape index (κ1) is 19.6. The minimum Gasteiger partial charge on any atom is -0.509 e. The number of rotatable bonds is 6. The molecule has 1 aromatic rings. The first-order valence-corrected chi connectivity index (χ1v) is 7.42. The molecule has 6 N–H and O–H groups in total. The van der Waals surface area contributed by atoms with E-state index in [2.05, 4.69) is 20.8 Å². The largest absolute Gasteiger partial charge is 0.509 e. The quantitative estimate of drug-likeness (QED) is 0.419. The number of benzene rings is 1. The van der Waals surface area contributed by atoms with Gasteiger partial charge in [0.05, 0.1) is 6.61 Å². The Bertz CT molecular complexity index is 517. The lowest BCUT2D eigenvalue weighted by Gasteiger charge is -2.25. The average Bonchev–Trinajstić information content (AvgIpc) is 2.51. The predicted molar refractivity (Wildman–Crippen MR) is 86.9 cm³/mol. The maximum Gasteiger partial charge on any atom is 0.139 e. The molecule has 4 unspecified atom stereocenters. The fourth-order valence-electron chi connectivity index (χ4n) is 2.03. The zero-order valence-electron chi connectivity index (χ0n) is 13.6. The van der Waals surface area contributed by atoms with Crippen molar-refractivity contribution >= 4 is 6.08 Å². The first-order chi connectivity index (χ1) is 10.6. The van der Waals surface area contributed by atoms with Crippen LogP contribution in [0.5, 0.6) is 0 Å². The van der Waals surface area contributed by atoms with E-state index in [-0.39, 0.29) is 5.41 Å². The molecule has 1 rings (SSSR count). The summed E-state index contributed by atoms with van der Waals surface area (Å²) in [7, 11) is 0. The van der Waals surface area contributed by atoms with Gasteiger partial charge in [-0.15, -0.1) is 0 Å². The maximum absolute atomic E-state index is 9.87. The highest BCUT2D eigenvalue weighted by Gasteiger charge is 2.32. The third-order valence-electron chi connectivity index (χ3n) is 3.65. The van der Waals surface area contributed by atoms with Gasteiger partial charge in [-0.2, -0.15) is 0 Å². The van der Waals surface area contributed by atoms with Crippen LogP contribution < -0.4 is 0 Å². The molecule has 6 heteroatoms. The molecule has 23 heavy (non-hydrogen) atoms. The van der Waals surface area contributed by atoms with E-state index in [9.17, 15) is 25.5 Å². The summed E-state index contributed by atoms with van der Waals surface area (Å²) in [6.07, 6.45) is -5.75. The van der Waals surface area contributed by atoms with Crippen LogP contribution in [0.15, 0.2) is 30.0 Å². The molecule has 0 bridgehead atoms. The Morgan fingerprint density at radius 1 is 1.00 bits per heavy atom. The van der Waals surface area contributed by atoms with Crippen LogP contribution >= 0.6 is 0 Å². The SMILES string of the molecule is CC(C)(C)c1ccc(C=C(O)C(O)C(O)C(O)C(O)CO)cc1. The minimum atomic E-state index is -1.83. The Morgan fingerprint density at radius 2 is 1.52 bits per heavy atom. The Labute approximate surface area is 136 Å². The van der Waals surface area contributed by atoms with Crippen LogP contribution in [0.25, 0.3) is 6.08 Å². The van der Waals surface area contributed by atoms with Gasteiger partial charge in [0.25, 0.3) is 0 Å². The van der Waals surface area contributed by atoms with Gasteiger partial charge in [0.15, 0.2) is 0 Å². The smallest absolute Gasteiger partial charge is 0.139 e. The van der Waals surface area contributed by atoms with Crippen molar-refractivity contribution in [1.29, 1.82) is 0 Å². The highest BCUT2D eigenvalue weighted by molar-refractivity contribution is 5.52. The van der Waals surface area contributed by atoms with Gasteiger partial charge < -0.3 is 30.6 Å². The van der Waals surface area contributed by atoms with Crippen LogP contribution in [0.3, 0.4) is 0 Å². The second kappa shape index (κ2) is 7.90. The highest BCUT2D eigenvalue weighted by Crippen LogP contribution is 2.23. The van der Waals surface area contributed by atoms with Gasteiger partial charge in [-0.05, 0) is 22.6 Å². The van der Waals surface area contributed by atoms with E-state index >= 15 is 0 Å². The van der Waals surface area contributed by atoms with Crippen LogP contribution in [0.1, 0.15) is 31.9 Å². The van der Waals surface area contributed by atoms with Crippen molar-refractivity contribution in [3.05, 3.63) is 41.2 Å². The second-order valence-electron chi connectivity index (χ2n) is 6.62. The summed E-state index contributed by atoms with van der Waals surface area (Å²) < 4.78 is 0. The number of aliphatic hydroxyl groups is 6. The van der Waals surface area contributed by atoms with E-state index in [4.69, 9.17) is 5.11 Å². The molecule has 0 fully saturated rings. The van der Waals surface area contributed by atoms with Crippen molar-refractivity contribution in [3.63, 3.8) is 0 Å². The third kappa shape index (κ3) is 5.30. The van der Waals surface area contributed by atoms with Gasteiger partial charge >= 0.3 is 0 Å². The Balaban J connectivity index is 2.87. The maximum atomic E-state index is 9.87. The Morgan fingerprint density at radius 3 is 1.96 bits per heavy atom. The van der Waals surface area contributed by atoms with Gasteiger partial charge in [-0.25, -0.2) is 0 Å². The third-order valence-corrected chi connectivity index (χ3v) is 3.65. The van der Waals surface area contributed by atoms with Crippen molar-refractivity contribution < 1.29 is 30.6 Å². The summed E-state index contributed by atoms with van der Waals surface area (Å²) in [6, 6.07) is 7.31. The number of hydrogen-bond acceptors (Lipinski definition) is 6. The second-order valence-corrected chi connectivity index (χ2v) is 6.62. The summed E-state index contributed by atoms with van der Waals surface area (Å²) >= 11 is 0. The summed E-state index contributed by atoms with van der Waals surface area (Å²) in [5, 5.41) is 56.9. The molecule has 0 amide bonds. The van der Waals surface area contributed by atoms with E-state index in [1.807, 2.05) is 12.1 Å². The Kier molecular flexibility index (Phi) is 6.73. The summed E-state index contributed by atoms with van der Waals surface area (Å²) in [5.74, 6) is -0.551. The lowest BCUT2D eigenvalue weighted by atomic mass is 9.86. The van der Waals surface area contributed by atoms with Gasteiger partial charge in [0.1, 0.15) is 30.2 Å². The molecule has 130 valence electrons. The Hall–Kier alpha value is -1.44. The van der Waals surface area contributed by atoms with Gasteiger partial charge in [0.2, 0.25) is 0 Å². The van der Waals surface area contributed by atoms with Crippen molar-refractivity contribution in [3.8, 4) is 0 Å². The molecule has 0 aliphatic carbocycles. The molecular weight excluding hydrogens is 300 g/mol. The number of aliphatic hydroxyl groups excluding tert-OH is 6. The molecule has 6 nitrogen and oxygen atoms in total. The standard InChI is InChI=1S/C17H26O6/c1-17(2,3)11-6-4-10(5-7-11)8-12(19)14(21)16(23)15(22)13(20)9-18/h4-8,13-16,18-23H,9H2,1-3H3. The average molecular weight is 326 g/mol. The monoisotopic (exact) mass is 326 g/mol. The molecule has 0 aliphatic rings. The van der Waals surface area contributed by atoms with E-state index in [1.165, 1.54) is 6.08 Å². The molecule has 0 heterocycles. The molecule has 0 saturated carbocycles. The van der Waals surface area contributed by atoms with E-state index in [1.54, 1.807) is 12.1 Å². The van der Waals surface area contributed by atoms with Crippen molar-refractivity contribution in [2.45, 2.75) is 50.6 Å². The number of hydrogen-bond donors (Lipinski definition) is 6. The minimum absolute atomic E-state index is 0.00939. The fourth-order valence-corrected chi connectivity index (χ4v) is 2.03. The lowest BCUT2D eigenvalue weighted by Crippen LogP contribution is -2.46. The van der Waals surface area contributed by atoms with E-state index in [0.717, 1.165) is 5.56 Å². The van der Waals surface area contributed by atoms with Gasteiger partial charge in [-0.3, -0.25) is 0 Å². The molecule has 1 aromatic carbocycles.